The number of fused-ring (bicyclic) bond motifs is 1. The third-order valence-corrected chi connectivity index (χ3v) is 4.41. The fourth-order valence-corrected chi connectivity index (χ4v) is 3.22. The zero-order valence-corrected chi connectivity index (χ0v) is 14.4. The lowest BCUT2D eigenvalue weighted by molar-refractivity contribution is -0.128. The van der Waals surface area contributed by atoms with Gasteiger partial charge in [0.25, 0.3) is 0 Å². The average Bonchev–Trinajstić information content (AvgIpc) is 2.80. The molecule has 0 N–H and O–H groups in total. The van der Waals surface area contributed by atoms with Crippen molar-refractivity contribution in [3.05, 3.63) is 27.9 Å². The van der Waals surface area contributed by atoms with Gasteiger partial charge in [-0.05, 0) is 43.1 Å². The van der Waals surface area contributed by atoms with Gasteiger partial charge >= 0.3 is 0 Å². The Balaban J connectivity index is 2.00. The molecule has 1 aromatic heterocycles. The fourth-order valence-electron chi connectivity index (χ4n) is 2.33. The number of hydrogen-bond donors (Lipinski definition) is 0. The molecule has 0 aliphatic carbocycles. The molecule has 2 heterocycles. The molecule has 20 heavy (non-hydrogen) atoms. The normalized spacial score (nSPS) is 18.9. The van der Waals surface area contributed by atoms with E-state index in [0.29, 0.717) is 6.54 Å². The number of carbonyl (C=O) groups excluding carboxylic acids is 1. The van der Waals surface area contributed by atoms with Gasteiger partial charge in [0.1, 0.15) is 9.53 Å². The van der Waals surface area contributed by atoms with Crippen molar-refractivity contribution >= 4 is 28.5 Å². The quantitative estimate of drug-likeness (QED) is 0.585. The van der Waals surface area contributed by atoms with E-state index >= 15 is 0 Å². The minimum atomic E-state index is 0.0746. The van der Waals surface area contributed by atoms with Crippen molar-refractivity contribution < 1.29 is 4.79 Å². The zero-order chi connectivity index (χ0) is 14.7. The number of aromatic nitrogens is 2. The number of hydrogen-bond acceptors (Lipinski definition) is 3. The second-order valence-corrected chi connectivity index (χ2v) is 6.30. The average molecular weight is 388 g/mol. The van der Waals surface area contributed by atoms with Crippen LogP contribution >= 0.6 is 22.6 Å². The van der Waals surface area contributed by atoms with Gasteiger partial charge in [-0.25, -0.2) is 4.98 Å². The van der Waals surface area contributed by atoms with Crippen molar-refractivity contribution in [2.75, 3.05) is 26.7 Å². The first-order chi connectivity index (χ1) is 9.52. The molecule has 0 saturated heterocycles. The van der Waals surface area contributed by atoms with Gasteiger partial charge < -0.3 is 14.4 Å². The molecule has 2 rings (SSSR count). The van der Waals surface area contributed by atoms with Crippen molar-refractivity contribution in [3.8, 4) is 0 Å². The van der Waals surface area contributed by atoms with Gasteiger partial charge in [0.15, 0.2) is 0 Å². The van der Waals surface area contributed by atoms with Gasteiger partial charge in [0, 0.05) is 19.2 Å². The Hall–Kier alpha value is -0.890. The van der Waals surface area contributed by atoms with Crippen molar-refractivity contribution in [1.29, 1.82) is 0 Å². The summed E-state index contributed by atoms with van der Waals surface area (Å²) in [6.07, 6.45) is 5.48. The molecule has 6 heteroatoms. The molecule has 0 saturated carbocycles. The lowest BCUT2D eigenvalue weighted by Crippen LogP contribution is -2.40. The number of rotatable bonds is 4. The Morgan fingerprint density at radius 2 is 2.40 bits per heavy atom. The molecule has 0 unspecified atom stereocenters. The first kappa shape index (κ1) is 15.5. The third kappa shape index (κ3) is 3.41. The molecule has 0 spiro atoms. The standard InChI is InChI=1S/C14H21IN4O/c1-4-17(3)7-5-6-14(20)18-9-11(2)19-12(15)8-16-13(19)10-18/h5-6,8,11H,4,7,9-10H2,1-3H3/b6-5+/t11-/m1/s1. The maximum absolute atomic E-state index is 12.2. The number of imidazole rings is 1. The van der Waals surface area contributed by atoms with Crippen molar-refractivity contribution in [2.24, 2.45) is 0 Å². The van der Waals surface area contributed by atoms with Gasteiger partial charge in [-0.15, -0.1) is 0 Å². The number of likely N-dealkylation sites (N-methyl/N-ethyl adjacent to an activating group) is 1. The van der Waals surface area contributed by atoms with Crippen molar-refractivity contribution in [1.82, 2.24) is 19.4 Å². The highest BCUT2D eigenvalue weighted by Gasteiger charge is 2.26. The van der Waals surface area contributed by atoms with Crippen LogP contribution in [0.4, 0.5) is 0 Å². The molecule has 1 aliphatic heterocycles. The molecule has 5 nitrogen and oxygen atoms in total. The summed E-state index contributed by atoms with van der Waals surface area (Å²) in [4.78, 5) is 20.6. The predicted molar refractivity (Wildman–Crippen MR) is 87.4 cm³/mol. The van der Waals surface area contributed by atoms with Crippen LogP contribution in [-0.4, -0.2) is 51.9 Å². The predicted octanol–water partition coefficient (Wildman–Crippen LogP) is 1.90. The fraction of sp³-hybridized carbons (Fsp3) is 0.571. The van der Waals surface area contributed by atoms with Crippen LogP contribution in [0.15, 0.2) is 18.3 Å². The molecular weight excluding hydrogens is 367 g/mol. The van der Waals surface area contributed by atoms with E-state index in [-0.39, 0.29) is 11.9 Å². The minimum Gasteiger partial charge on any atom is -0.330 e. The summed E-state index contributed by atoms with van der Waals surface area (Å²) >= 11 is 2.29. The van der Waals surface area contributed by atoms with Crippen LogP contribution < -0.4 is 0 Å². The first-order valence-corrected chi connectivity index (χ1v) is 7.96. The van der Waals surface area contributed by atoms with Gasteiger partial charge in [-0.3, -0.25) is 4.79 Å². The van der Waals surface area contributed by atoms with Crippen LogP contribution in [0.2, 0.25) is 0 Å². The van der Waals surface area contributed by atoms with E-state index < -0.39 is 0 Å². The SMILES string of the molecule is CCN(C)C/C=C/C(=O)N1Cc2ncc(I)n2[C@H](C)C1. The Bertz CT molecular complexity index is 511. The Labute approximate surface area is 133 Å². The van der Waals surface area contributed by atoms with Crippen LogP contribution in [0, 0.1) is 3.70 Å². The van der Waals surface area contributed by atoms with Crippen LogP contribution in [0.1, 0.15) is 25.7 Å². The summed E-state index contributed by atoms with van der Waals surface area (Å²) in [7, 11) is 2.04. The Morgan fingerprint density at radius 1 is 1.65 bits per heavy atom. The van der Waals surface area contributed by atoms with Crippen LogP contribution in [0.3, 0.4) is 0 Å². The first-order valence-electron chi connectivity index (χ1n) is 6.88. The highest BCUT2D eigenvalue weighted by molar-refractivity contribution is 14.1. The lowest BCUT2D eigenvalue weighted by atomic mass is 10.2. The van der Waals surface area contributed by atoms with E-state index in [1.807, 2.05) is 24.2 Å². The molecule has 0 bridgehead atoms. The number of halogens is 1. The monoisotopic (exact) mass is 388 g/mol. The van der Waals surface area contributed by atoms with Gasteiger partial charge in [0.2, 0.25) is 5.91 Å². The Kier molecular flexibility index (Phi) is 5.20. The second kappa shape index (κ2) is 6.71. The summed E-state index contributed by atoms with van der Waals surface area (Å²) in [5, 5.41) is 0. The highest BCUT2D eigenvalue weighted by Crippen LogP contribution is 2.23. The summed E-state index contributed by atoms with van der Waals surface area (Å²) < 4.78 is 3.34. The topological polar surface area (TPSA) is 41.4 Å². The Morgan fingerprint density at radius 3 is 3.10 bits per heavy atom. The largest absolute Gasteiger partial charge is 0.330 e. The maximum Gasteiger partial charge on any atom is 0.246 e. The van der Waals surface area contributed by atoms with Crippen LogP contribution in [0.5, 0.6) is 0 Å². The molecule has 1 amide bonds. The minimum absolute atomic E-state index is 0.0746. The third-order valence-electron chi connectivity index (χ3n) is 3.62. The molecule has 1 atom stereocenters. The smallest absolute Gasteiger partial charge is 0.246 e. The zero-order valence-electron chi connectivity index (χ0n) is 12.2. The summed E-state index contributed by atoms with van der Waals surface area (Å²) in [6.45, 7) is 7.35. The number of carbonyl (C=O) groups is 1. The molecule has 110 valence electrons. The van der Waals surface area contributed by atoms with E-state index in [2.05, 4.69) is 50.9 Å². The summed E-state index contributed by atoms with van der Waals surface area (Å²) in [5.41, 5.74) is 0. The van der Waals surface area contributed by atoms with Crippen molar-refractivity contribution in [2.45, 2.75) is 26.4 Å². The lowest BCUT2D eigenvalue weighted by Gasteiger charge is -2.32. The van der Waals surface area contributed by atoms with Crippen molar-refractivity contribution in [3.63, 3.8) is 0 Å². The number of nitrogens with zero attached hydrogens (tertiary/aromatic N) is 4. The highest BCUT2D eigenvalue weighted by atomic mass is 127. The van der Waals surface area contributed by atoms with Gasteiger partial charge in [0.05, 0.1) is 18.8 Å². The molecule has 1 aromatic rings. The van der Waals surface area contributed by atoms with E-state index in [4.69, 9.17) is 0 Å². The molecule has 1 aliphatic rings. The number of amides is 1. The van der Waals surface area contributed by atoms with E-state index in [0.717, 1.165) is 29.2 Å². The van der Waals surface area contributed by atoms with E-state index in [9.17, 15) is 4.79 Å². The maximum atomic E-state index is 12.2. The van der Waals surface area contributed by atoms with Gasteiger partial charge in [-0.2, -0.15) is 0 Å². The van der Waals surface area contributed by atoms with E-state index in [1.54, 1.807) is 6.08 Å². The molecule has 0 fully saturated rings. The van der Waals surface area contributed by atoms with Crippen LogP contribution in [-0.2, 0) is 11.3 Å². The van der Waals surface area contributed by atoms with Crippen LogP contribution in [0.25, 0.3) is 0 Å². The van der Waals surface area contributed by atoms with E-state index in [1.165, 1.54) is 0 Å². The van der Waals surface area contributed by atoms with Gasteiger partial charge in [-0.1, -0.05) is 13.0 Å². The molecule has 0 aromatic carbocycles. The summed E-state index contributed by atoms with van der Waals surface area (Å²) in [6, 6.07) is 0.281. The molecule has 0 radical (unpaired) electrons. The second-order valence-electron chi connectivity index (χ2n) is 5.19. The summed E-state index contributed by atoms with van der Waals surface area (Å²) in [5.74, 6) is 1.05. The molecular formula is C14H21IN4O.